The van der Waals surface area contributed by atoms with Gasteiger partial charge in [-0.05, 0) is 36.2 Å². The highest BCUT2D eigenvalue weighted by molar-refractivity contribution is 6.25. The van der Waals surface area contributed by atoms with Crippen molar-refractivity contribution in [1.82, 2.24) is 5.32 Å². The molecule has 0 fully saturated rings. The highest BCUT2D eigenvalue weighted by Crippen LogP contribution is 2.18. The molecule has 0 bridgehead atoms. The highest BCUT2D eigenvalue weighted by atomic mass is 35.5. The van der Waals surface area contributed by atoms with Gasteiger partial charge < -0.3 is 10.1 Å². The maximum atomic E-state index is 13.7. The Morgan fingerprint density at radius 2 is 2.22 bits per heavy atom. The molecule has 0 atom stereocenters. The molecule has 4 heteroatoms. The van der Waals surface area contributed by atoms with Crippen molar-refractivity contribution < 1.29 is 9.13 Å². The van der Waals surface area contributed by atoms with Crippen LogP contribution in [-0.4, -0.2) is 13.2 Å². The Hall–Kier alpha value is -1.06. The normalized spacial score (nSPS) is 11.4. The van der Waals surface area contributed by atoms with Crippen molar-refractivity contribution in [3.63, 3.8) is 0 Å². The third-order valence-electron chi connectivity index (χ3n) is 2.30. The zero-order valence-corrected chi connectivity index (χ0v) is 11.5. The molecule has 1 aromatic carbocycles. The van der Waals surface area contributed by atoms with Crippen LogP contribution in [0.25, 0.3) is 0 Å². The zero-order valence-electron chi connectivity index (χ0n) is 10.7. The monoisotopic (exact) mass is 271 g/mol. The molecule has 0 spiro atoms. The lowest BCUT2D eigenvalue weighted by Gasteiger charge is -2.09. The molecule has 0 aromatic heterocycles. The largest absolute Gasteiger partial charge is 0.486 e. The maximum absolute atomic E-state index is 13.7. The quantitative estimate of drug-likeness (QED) is 0.816. The standard InChI is InChI=1S/C14H19ClFNO/c1-11(2)9-17-10-12-4-5-14(13(16)8-12)18-7-3-6-15/h3-6,8,11,17H,7,9-10H2,1-2H3/b6-3+. The molecule has 0 radical (unpaired) electrons. The number of benzene rings is 1. The van der Waals surface area contributed by atoms with Crippen molar-refractivity contribution in [2.75, 3.05) is 13.2 Å². The summed E-state index contributed by atoms with van der Waals surface area (Å²) in [7, 11) is 0. The van der Waals surface area contributed by atoms with E-state index >= 15 is 0 Å². The Morgan fingerprint density at radius 1 is 1.44 bits per heavy atom. The number of nitrogens with one attached hydrogen (secondary N) is 1. The van der Waals surface area contributed by atoms with E-state index in [2.05, 4.69) is 19.2 Å². The molecular weight excluding hydrogens is 253 g/mol. The SMILES string of the molecule is CC(C)CNCc1ccc(OC/C=C/Cl)c(F)c1. The summed E-state index contributed by atoms with van der Waals surface area (Å²) in [5.41, 5.74) is 2.26. The van der Waals surface area contributed by atoms with Crippen LogP contribution in [0.4, 0.5) is 4.39 Å². The van der Waals surface area contributed by atoms with E-state index in [9.17, 15) is 4.39 Å². The molecule has 1 rings (SSSR count). The minimum atomic E-state index is -0.346. The minimum Gasteiger partial charge on any atom is -0.486 e. The summed E-state index contributed by atoms with van der Waals surface area (Å²) >= 11 is 5.35. The number of hydrogen-bond acceptors (Lipinski definition) is 2. The number of hydrogen-bond donors (Lipinski definition) is 1. The first-order valence-corrected chi connectivity index (χ1v) is 6.44. The van der Waals surface area contributed by atoms with Gasteiger partial charge in [-0.3, -0.25) is 0 Å². The molecule has 0 unspecified atom stereocenters. The average Bonchev–Trinajstić information content (AvgIpc) is 2.31. The highest BCUT2D eigenvalue weighted by Gasteiger charge is 2.04. The van der Waals surface area contributed by atoms with Crippen molar-refractivity contribution in [3.05, 3.63) is 41.2 Å². The van der Waals surface area contributed by atoms with Crippen LogP contribution in [0.2, 0.25) is 0 Å². The van der Waals surface area contributed by atoms with Crippen LogP contribution in [0.1, 0.15) is 19.4 Å². The molecule has 1 aromatic rings. The van der Waals surface area contributed by atoms with Gasteiger partial charge >= 0.3 is 0 Å². The van der Waals surface area contributed by atoms with Crippen LogP contribution < -0.4 is 10.1 Å². The molecule has 0 aliphatic carbocycles. The average molecular weight is 272 g/mol. The first-order valence-electron chi connectivity index (χ1n) is 6.00. The lowest BCUT2D eigenvalue weighted by atomic mass is 10.2. The van der Waals surface area contributed by atoms with Gasteiger partial charge in [-0.2, -0.15) is 0 Å². The minimum absolute atomic E-state index is 0.248. The summed E-state index contributed by atoms with van der Waals surface area (Å²) < 4.78 is 18.9. The summed E-state index contributed by atoms with van der Waals surface area (Å²) in [6.45, 7) is 6.12. The van der Waals surface area contributed by atoms with E-state index in [0.29, 0.717) is 12.5 Å². The fraction of sp³-hybridized carbons (Fsp3) is 0.429. The van der Waals surface area contributed by atoms with E-state index < -0.39 is 0 Å². The Morgan fingerprint density at radius 3 is 2.83 bits per heavy atom. The van der Waals surface area contributed by atoms with Crippen molar-refractivity contribution in [1.29, 1.82) is 0 Å². The molecular formula is C14H19ClFNO. The molecule has 1 N–H and O–H groups in total. The lowest BCUT2D eigenvalue weighted by molar-refractivity contribution is 0.341. The summed E-state index contributed by atoms with van der Waals surface area (Å²) in [6, 6.07) is 4.99. The fourth-order valence-corrected chi connectivity index (χ4v) is 1.52. The third-order valence-corrected chi connectivity index (χ3v) is 2.48. The second kappa shape index (κ2) is 8.11. The van der Waals surface area contributed by atoms with E-state index in [1.54, 1.807) is 12.1 Å². The molecule has 0 saturated carbocycles. The number of ether oxygens (including phenoxy) is 1. The van der Waals surface area contributed by atoms with Crippen molar-refractivity contribution in [3.8, 4) is 5.75 Å². The molecule has 0 amide bonds. The van der Waals surface area contributed by atoms with Gasteiger partial charge in [0.1, 0.15) is 6.61 Å². The first kappa shape index (κ1) is 15.0. The van der Waals surface area contributed by atoms with Crippen LogP contribution in [0.5, 0.6) is 5.75 Å². The molecule has 0 saturated heterocycles. The van der Waals surface area contributed by atoms with Gasteiger partial charge in [0, 0.05) is 12.1 Å². The molecule has 18 heavy (non-hydrogen) atoms. The topological polar surface area (TPSA) is 21.3 Å². The summed E-state index contributed by atoms with van der Waals surface area (Å²) in [6.07, 6.45) is 1.61. The second-order valence-corrected chi connectivity index (χ2v) is 4.71. The fourth-order valence-electron chi connectivity index (χ4n) is 1.45. The van der Waals surface area contributed by atoms with Crippen molar-refractivity contribution >= 4 is 11.6 Å². The van der Waals surface area contributed by atoms with E-state index in [1.165, 1.54) is 11.6 Å². The Bertz CT molecular complexity index is 393. The molecule has 2 nitrogen and oxygen atoms in total. The smallest absolute Gasteiger partial charge is 0.165 e. The van der Waals surface area contributed by atoms with Crippen LogP contribution in [0.15, 0.2) is 29.8 Å². The van der Waals surface area contributed by atoms with E-state index in [1.807, 2.05) is 6.07 Å². The van der Waals surface area contributed by atoms with Crippen LogP contribution >= 0.6 is 11.6 Å². The zero-order chi connectivity index (χ0) is 13.4. The van der Waals surface area contributed by atoms with E-state index in [-0.39, 0.29) is 18.2 Å². The summed E-state index contributed by atoms with van der Waals surface area (Å²) in [4.78, 5) is 0. The van der Waals surface area contributed by atoms with E-state index in [0.717, 1.165) is 12.1 Å². The van der Waals surface area contributed by atoms with Gasteiger partial charge in [-0.25, -0.2) is 4.39 Å². The predicted octanol–water partition coefficient (Wildman–Crippen LogP) is 3.70. The molecule has 0 aliphatic heterocycles. The second-order valence-electron chi connectivity index (χ2n) is 4.46. The van der Waals surface area contributed by atoms with Crippen LogP contribution in [-0.2, 0) is 6.54 Å². The van der Waals surface area contributed by atoms with Crippen molar-refractivity contribution in [2.24, 2.45) is 5.92 Å². The summed E-state index contributed by atoms with van der Waals surface area (Å²) in [5.74, 6) is 0.485. The Labute approximate surface area is 113 Å². The Balaban J connectivity index is 2.50. The van der Waals surface area contributed by atoms with Crippen molar-refractivity contribution in [2.45, 2.75) is 20.4 Å². The third kappa shape index (κ3) is 5.52. The molecule has 0 aliphatic rings. The van der Waals surface area contributed by atoms with Crippen LogP contribution in [0, 0.1) is 11.7 Å². The molecule has 0 heterocycles. The van der Waals surface area contributed by atoms with Gasteiger partial charge in [0.15, 0.2) is 11.6 Å². The summed E-state index contributed by atoms with van der Waals surface area (Å²) in [5, 5.41) is 3.26. The first-order chi connectivity index (χ1) is 8.63. The van der Waals surface area contributed by atoms with Gasteiger partial charge in [-0.15, -0.1) is 0 Å². The Kier molecular flexibility index (Phi) is 6.76. The van der Waals surface area contributed by atoms with Gasteiger partial charge in [0.25, 0.3) is 0 Å². The van der Waals surface area contributed by atoms with E-state index in [4.69, 9.17) is 16.3 Å². The molecule has 100 valence electrons. The lowest BCUT2D eigenvalue weighted by Crippen LogP contribution is -2.19. The number of halogens is 2. The predicted molar refractivity (Wildman–Crippen MR) is 73.4 cm³/mol. The van der Waals surface area contributed by atoms with Gasteiger partial charge in [-0.1, -0.05) is 31.5 Å². The van der Waals surface area contributed by atoms with Gasteiger partial charge in [0.05, 0.1) is 0 Å². The van der Waals surface area contributed by atoms with Gasteiger partial charge in [0.2, 0.25) is 0 Å². The maximum Gasteiger partial charge on any atom is 0.165 e. The van der Waals surface area contributed by atoms with Crippen LogP contribution in [0.3, 0.4) is 0 Å². The number of rotatable bonds is 7.